The quantitative estimate of drug-likeness (QED) is 0.612. The number of benzene rings is 2. The van der Waals surface area contributed by atoms with E-state index in [9.17, 15) is 0 Å². The first kappa shape index (κ1) is 13.3. The van der Waals surface area contributed by atoms with Crippen LogP contribution in [-0.4, -0.2) is 25.1 Å². The van der Waals surface area contributed by atoms with Crippen LogP contribution in [0.4, 0.5) is 5.82 Å². The van der Waals surface area contributed by atoms with Gasteiger partial charge in [0.25, 0.3) is 0 Å². The molecule has 0 radical (unpaired) electrons. The van der Waals surface area contributed by atoms with E-state index in [1.807, 2.05) is 60.7 Å². The Kier molecular flexibility index (Phi) is 3.12. The Balaban J connectivity index is 1.86. The molecule has 6 nitrogen and oxygen atoms in total. The standard InChI is InChI=1S/C17H12N6/c18-14-13-17(21-15(20-14)11-7-3-1-4-8-11)23-22-16(19-13)12-9-5-2-6-10-12/h1-10H,(H2,18,20,21,23). The van der Waals surface area contributed by atoms with Crippen LogP contribution >= 0.6 is 0 Å². The summed E-state index contributed by atoms with van der Waals surface area (Å²) in [4.78, 5) is 13.2. The van der Waals surface area contributed by atoms with Gasteiger partial charge in [0.15, 0.2) is 23.0 Å². The number of nitrogens with zero attached hydrogens (tertiary/aromatic N) is 5. The van der Waals surface area contributed by atoms with Crippen LogP contribution < -0.4 is 5.73 Å². The lowest BCUT2D eigenvalue weighted by atomic mass is 10.2. The van der Waals surface area contributed by atoms with E-state index in [0.29, 0.717) is 28.6 Å². The molecule has 2 N–H and O–H groups in total. The highest BCUT2D eigenvalue weighted by molar-refractivity contribution is 5.83. The normalized spacial score (nSPS) is 10.8. The smallest absolute Gasteiger partial charge is 0.206 e. The molecule has 2 aromatic carbocycles. The van der Waals surface area contributed by atoms with Crippen LogP contribution in [-0.2, 0) is 0 Å². The van der Waals surface area contributed by atoms with Crippen LogP contribution in [0.2, 0.25) is 0 Å². The third kappa shape index (κ3) is 2.46. The zero-order valence-electron chi connectivity index (χ0n) is 12.1. The second-order valence-corrected chi connectivity index (χ2v) is 4.97. The Morgan fingerprint density at radius 1 is 0.609 bits per heavy atom. The predicted octanol–water partition coefficient (Wildman–Crippen LogP) is 2.73. The molecule has 0 amide bonds. The number of nitrogen functional groups attached to an aromatic ring is 1. The van der Waals surface area contributed by atoms with Gasteiger partial charge in [0, 0.05) is 11.1 Å². The van der Waals surface area contributed by atoms with Crippen LogP contribution in [0.1, 0.15) is 0 Å². The third-order valence-electron chi connectivity index (χ3n) is 3.41. The van der Waals surface area contributed by atoms with Crippen LogP contribution in [0.3, 0.4) is 0 Å². The molecule has 23 heavy (non-hydrogen) atoms. The number of aromatic nitrogens is 5. The summed E-state index contributed by atoms with van der Waals surface area (Å²) in [5.41, 5.74) is 8.64. The molecule has 0 bridgehead atoms. The van der Waals surface area contributed by atoms with Crippen molar-refractivity contribution < 1.29 is 0 Å². The van der Waals surface area contributed by atoms with Crippen molar-refractivity contribution in [2.24, 2.45) is 0 Å². The van der Waals surface area contributed by atoms with Crippen molar-refractivity contribution in [2.75, 3.05) is 5.73 Å². The zero-order valence-corrected chi connectivity index (χ0v) is 12.1. The number of rotatable bonds is 2. The van der Waals surface area contributed by atoms with Gasteiger partial charge in [-0.3, -0.25) is 0 Å². The van der Waals surface area contributed by atoms with E-state index in [2.05, 4.69) is 25.1 Å². The minimum absolute atomic E-state index is 0.293. The number of nitrogens with two attached hydrogens (primary N) is 1. The molecule has 4 rings (SSSR count). The fourth-order valence-electron chi connectivity index (χ4n) is 2.29. The molecular weight excluding hydrogens is 288 g/mol. The maximum absolute atomic E-state index is 6.06. The minimum Gasteiger partial charge on any atom is -0.382 e. The molecule has 0 aliphatic heterocycles. The summed E-state index contributed by atoms with van der Waals surface area (Å²) in [5, 5.41) is 8.31. The fraction of sp³-hybridized carbons (Fsp3) is 0. The highest BCUT2D eigenvalue weighted by Gasteiger charge is 2.12. The molecule has 110 valence electrons. The van der Waals surface area contributed by atoms with Gasteiger partial charge in [0.2, 0.25) is 5.65 Å². The van der Waals surface area contributed by atoms with Gasteiger partial charge in [-0.15, -0.1) is 10.2 Å². The van der Waals surface area contributed by atoms with Crippen LogP contribution in [0.5, 0.6) is 0 Å². The molecule has 0 fully saturated rings. The van der Waals surface area contributed by atoms with Crippen LogP contribution in [0.25, 0.3) is 33.9 Å². The maximum atomic E-state index is 6.06. The van der Waals surface area contributed by atoms with E-state index < -0.39 is 0 Å². The molecule has 0 saturated heterocycles. The summed E-state index contributed by atoms with van der Waals surface area (Å²) in [7, 11) is 0. The molecule has 0 atom stereocenters. The Hall–Kier alpha value is -3.41. The van der Waals surface area contributed by atoms with Crippen molar-refractivity contribution in [1.29, 1.82) is 0 Å². The zero-order chi connectivity index (χ0) is 15.6. The van der Waals surface area contributed by atoms with Gasteiger partial charge >= 0.3 is 0 Å². The molecule has 0 spiro atoms. The molecule has 2 heterocycles. The van der Waals surface area contributed by atoms with Crippen molar-refractivity contribution in [3.8, 4) is 22.8 Å². The van der Waals surface area contributed by atoms with Crippen LogP contribution in [0.15, 0.2) is 60.7 Å². The van der Waals surface area contributed by atoms with Crippen molar-refractivity contribution in [3.63, 3.8) is 0 Å². The largest absolute Gasteiger partial charge is 0.382 e. The van der Waals surface area contributed by atoms with E-state index in [4.69, 9.17) is 5.73 Å². The van der Waals surface area contributed by atoms with Gasteiger partial charge in [-0.05, 0) is 0 Å². The van der Waals surface area contributed by atoms with E-state index >= 15 is 0 Å². The van der Waals surface area contributed by atoms with Gasteiger partial charge in [0.05, 0.1) is 0 Å². The SMILES string of the molecule is Nc1nc(-c2ccccc2)nc2nnc(-c3ccccc3)nc12. The topological polar surface area (TPSA) is 90.5 Å². The molecule has 0 aliphatic rings. The highest BCUT2D eigenvalue weighted by Crippen LogP contribution is 2.22. The van der Waals surface area contributed by atoms with E-state index in [0.717, 1.165) is 11.1 Å². The molecule has 2 aromatic heterocycles. The molecule has 0 saturated carbocycles. The summed E-state index contributed by atoms with van der Waals surface area (Å²) >= 11 is 0. The molecule has 0 unspecified atom stereocenters. The average molecular weight is 300 g/mol. The van der Waals surface area contributed by atoms with Gasteiger partial charge in [-0.1, -0.05) is 60.7 Å². The Morgan fingerprint density at radius 2 is 1.22 bits per heavy atom. The first-order valence-corrected chi connectivity index (χ1v) is 7.10. The van der Waals surface area contributed by atoms with E-state index in [-0.39, 0.29) is 0 Å². The summed E-state index contributed by atoms with van der Waals surface area (Å²) < 4.78 is 0. The predicted molar refractivity (Wildman–Crippen MR) is 88.2 cm³/mol. The lowest BCUT2D eigenvalue weighted by Gasteiger charge is -2.05. The Bertz CT molecular complexity index is 970. The van der Waals surface area contributed by atoms with E-state index in [1.165, 1.54) is 0 Å². The molecule has 0 aliphatic carbocycles. The number of anilines is 1. The van der Waals surface area contributed by atoms with Gasteiger partial charge < -0.3 is 5.73 Å². The molecule has 6 heteroatoms. The maximum Gasteiger partial charge on any atom is 0.206 e. The summed E-state index contributed by atoms with van der Waals surface area (Å²) in [6, 6.07) is 19.2. The molecule has 4 aromatic rings. The third-order valence-corrected chi connectivity index (χ3v) is 3.41. The monoisotopic (exact) mass is 300 g/mol. The Labute approximate surface area is 132 Å². The second kappa shape index (κ2) is 5.42. The number of hydrogen-bond donors (Lipinski definition) is 1. The lowest BCUT2D eigenvalue weighted by Crippen LogP contribution is -2.03. The van der Waals surface area contributed by atoms with Crippen molar-refractivity contribution >= 4 is 17.0 Å². The summed E-state index contributed by atoms with van der Waals surface area (Å²) in [5.74, 6) is 1.31. The van der Waals surface area contributed by atoms with Gasteiger partial charge in [-0.25, -0.2) is 15.0 Å². The first-order valence-electron chi connectivity index (χ1n) is 7.10. The van der Waals surface area contributed by atoms with Crippen LogP contribution in [0, 0.1) is 0 Å². The van der Waals surface area contributed by atoms with Gasteiger partial charge in [0.1, 0.15) is 0 Å². The first-order chi connectivity index (χ1) is 11.3. The number of fused-ring (bicyclic) bond motifs is 1. The lowest BCUT2D eigenvalue weighted by molar-refractivity contribution is 1.00. The van der Waals surface area contributed by atoms with Crippen molar-refractivity contribution in [2.45, 2.75) is 0 Å². The van der Waals surface area contributed by atoms with Crippen molar-refractivity contribution in [3.05, 3.63) is 60.7 Å². The highest BCUT2D eigenvalue weighted by atomic mass is 15.2. The summed E-state index contributed by atoms with van der Waals surface area (Å²) in [6.07, 6.45) is 0. The number of hydrogen-bond acceptors (Lipinski definition) is 6. The van der Waals surface area contributed by atoms with Crippen molar-refractivity contribution in [1.82, 2.24) is 25.1 Å². The fourth-order valence-corrected chi connectivity index (χ4v) is 2.29. The molecular formula is C17H12N6. The average Bonchev–Trinajstić information content (AvgIpc) is 2.63. The van der Waals surface area contributed by atoms with Gasteiger partial charge in [-0.2, -0.15) is 0 Å². The second-order valence-electron chi connectivity index (χ2n) is 4.97. The minimum atomic E-state index is 0.293. The summed E-state index contributed by atoms with van der Waals surface area (Å²) in [6.45, 7) is 0. The van der Waals surface area contributed by atoms with E-state index in [1.54, 1.807) is 0 Å². The Morgan fingerprint density at radius 3 is 1.87 bits per heavy atom.